The van der Waals surface area contributed by atoms with Gasteiger partial charge in [0.15, 0.2) is 6.61 Å². The molecular weight excluding hydrogens is 358 g/mol. The van der Waals surface area contributed by atoms with Crippen LogP contribution >= 0.6 is 0 Å². The summed E-state index contributed by atoms with van der Waals surface area (Å²) in [5, 5.41) is 16.1. The van der Waals surface area contributed by atoms with Crippen molar-refractivity contribution in [1.82, 2.24) is 5.32 Å². The van der Waals surface area contributed by atoms with Crippen molar-refractivity contribution in [3.05, 3.63) is 33.9 Å². The lowest BCUT2D eigenvalue weighted by Crippen LogP contribution is -2.47. The number of anilines is 1. The van der Waals surface area contributed by atoms with Crippen molar-refractivity contribution in [3.8, 4) is 0 Å². The van der Waals surface area contributed by atoms with E-state index in [9.17, 15) is 24.5 Å². The van der Waals surface area contributed by atoms with Crippen molar-refractivity contribution >= 4 is 29.2 Å². The van der Waals surface area contributed by atoms with Gasteiger partial charge in [-0.15, -0.1) is 0 Å². The minimum atomic E-state index is -0.906. The highest BCUT2D eigenvalue weighted by atomic mass is 16.6. The number of non-ortho nitro benzene ring substituents is 1. The average molecular weight is 381 g/mol. The molecule has 0 heterocycles. The number of nitrogens with zero attached hydrogens (tertiary/aromatic N) is 1. The monoisotopic (exact) mass is 381 g/mol. The van der Waals surface area contributed by atoms with Gasteiger partial charge in [0, 0.05) is 24.9 Å². The number of nitro benzene ring substituents is 1. The Morgan fingerprint density at radius 1 is 1.30 bits per heavy atom. The molecule has 1 aromatic carbocycles. The van der Waals surface area contributed by atoms with E-state index in [1.807, 2.05) is 6.92 Å². The number of nitro groups is 1. The summed E-state index contributed by atoms with van der Waals surface area (Å²) >= 11 is 0. The van der Waals surface area contributed by atoms with E-state index < -0.39 is 35.4 Å². The second kappa shape index (κ2) is 10.1. The van der Waals surface area contributed by atoms with Crippen LogP contribution in [0, 0.1) is 16.0 Å². The third kappa shape index (κ3) is 5.94. The van der Waals surface area contributed by atoms with Gasteiger partial charge in [-0.3, -0.25) is 14.9 Å². The fourth-order valence-electron chi connectivity index (χ4n) is 2.25. The number of carbonyl (C=O) groups excluding carboxylic acids is 3. The normalized spacial score (nSPS) is 12.4. The van der Waals surface area contributed by atoms with Gasteiger partial charge in [0.1, 0.15) is 6.04 Å². The Kier molecular flexibility index (Phi) is 8.18. The Bertz CT molecular complexity index is 720. The van der Waals surface area contributed by atoms with Crippen LogP contribution in [0.15, 0.2) is 18.2 Å². The Morgan fingerprint density at radius 3 is 2.48 bits per heavy atom. The molecule has 0 aromatic heterocycles. The summed E-state index contributed by atoms with van der Waals surface area (Å²) in [5.74, 6) is -2.36. The molecule has 0 bridgehead atoms. The number of carbonyl (C=O) groups is 3. The van der Waals surface area contributed by atoms with Gasteiger partial charge in [0.25, 0.3) is 11.6 Å². The van der Waals surface area contributed by atoms with E-state index in [0.717, 1.165) is 6.07 Å². The van der Waals surface area contributed by atoms with Crippen LogP contribution in [0.3, 0.4) is 0 Å². The van der Waals surface area contributed by atoms with Gasteiger partial charge in [-0.1, -0.05) is 20.3 Å². The Morgan fingerprint density at radius 2 is 1.96 bits per heavy atom. The largest absolute Gasteiger partial charge is 0.467 e. The molecule has 148 valence electrons. The molecule has 0 aliphatic rings. The highest BCUT2D eigenvalue weighted by molar-refractivity contribution is 5.97. The fraction of sp³-hybridized carbons (Fsp3) is 0.471. The first-order valence-corrected chi connectivity index (χ1v) is 8.25. The number of amides is 1. The molecule has 10 heteroatoms. The first-order valence-electron chi connectivity index (χ1n) is 8.25. The second-order valence-electron chi connectivity index (χ2n) is 5.77. The maximum absolute atomic E-state index is 12.2. The predicted molar refractivity (Wildman–Crippen MR) is 96.3 cm³/mol. The zero-order chi connectivity index (χ0) is 20.6. The quantitative estimate of drug-likeness (QED) is 0.373. The molecule has 27 heavy (non-hydrogen) atoms. The molecule has 0 aliphatic carbocycles. The molecule has 0 saturated heterocycles. The number of hydrogen-bond donors (Lipinski definition) is 2. The minimum Gasteiger partial charge on any atom is -0.467 e. The van der Waals surface area contributed by atoms with Crippen LogP contribution in [0.5, 0.6) is 0 Å². The number of hydrogen-bond acceptors (Lipinski definition) is 8. The zero-order valence-corrected chi connectivity index (χ0v) is 15.6. The molecule has 0 saturated carbocycles. The van der Waals surface area contributed by atoms with E-state index in [1.54, 1.807) is 6.92 Å². The number of methoxy groups -OCH3 is 1. The molecule has 2 N–H and O–H groups in total. The first-order chi connectivity index (χ1) is 12.7. The third-order valence-electron chi connectivity index (χ3n) is 4.02. The maximum atomic E-state index is 12.2. The minimum absolute atomic E-state index is 0.0778. The standard InChI is InChI=1S/C17H23N3O7/c1-5-10(2)15(17(23)26-4)19-14(21)9-27-16(22)12-8-11(20(24)25)6-7-13(12)18-3/h6-8,10,15,18H,5,9H2,1-4H3,(H,19,21)/t10-,15+/m0/s1. The van der Waals surface area contributed by atoms with Crippen LogP contribution < -0.4 is 10.6 Å². The number of rotatable bonds is 9. The van der Waals surface area contributed by atoms with Gasteiger partial charge in [-0.05, 0) is 12.0 Å². The maximum Gasteiger partial charge on any atom is 0.341 e. The van der Waals surface area contributed by atoms with Crippen molar-refractivity contribution < 1.29 is 28.8 Å². The molecule has 10 nitrogen and oxygen atoms in total. The smallest absolute Gasteiger partial charge is 0.341 e. The van der Waals surface area contributed by atoms with Gasteiger partial charge in [0.05, 0.1) is 17.6 Å². The third-order valence-corrected chi connectivity index (χ3v) is 4.02. The van der Waals surface area contributed by atoms with Crippen LogP contribution in [0.2, 0.25) is 0 Å². The molecular formula is C17H23N3O7. The molecule has 1 rings (SSSR count). The SMILES string of the molecule is CC[C@H](C)[C@@H](NC(=O)COC(=O)c1cc([N+](=O)[O-])ccc1NC)C(=O)OC. The van der Waals surface area contributed by atoms with E-state index >= 15 is 0 Å². The van der Waals surface area contributed by atoms with Crippen LogP contribution in [0.25, 0.3) is 0 Å². The zero-order valence-electron chi connectivity index (χ0n) is 15.6. The summed E-state index contributed by atoms with van der Waals surface area (Å²) in [6.07, 6.45) is 0.624. The summed E-state index contributed by atoms with van der Waals surface area (Å²) in [6.45, 7) is 2.99. The lowest BCUT2D eigenvalue weighted by Gasteiger charge is -2.21. The van der Waals surface area contributed by atoms with E-state index in [-0.39, 0.29) is 17.2 Å². The molecule has 0 radical (unpaired) electrons. The molecule has 0 spiro atoms. The summed E-state index contributed by atoms with van der Waals surface area (Å²) < 4.78 is 9.59. The van der Waals surface area contributed by atoms with Gasteiger partial charge < -0.3 is 20.1 Å². The lowest BCUT2D eigenvalue weighted by molar-refractivity contribution is -0.384. The Labute approximate surface area is 156 Å². The highest BCUT2D eigenvalue weighted by Crippen LogP contribution is 2.22. The summed E-state index contributed by atoms with van der Waals surface area (Å²) in [7, 11) is 2.75. The topological polar surface area (TPSA) is 137 Å². The molecule has 0 fully saturated rings. The summed E-state index contributed by atoms with van der Waals surface area (Å²) in [4.78, 5) is 46.3. The number of esters is 2. The van der Waals surface area contributed by atoms with Crippen LogP contribution in [0.4, 0.5) is 11.4 Å². The highest BCUT2D eigenvalue weighted by Gasteiger charge is 2.27. The molecule has 0 unspecified atom stereocenters. The van der Waals surface area contributed by atoms with Gasteiger partial charge in [-0.2, -0.15) is 0 Å². The van der Waals surface area contributed by atoms with E-state index in [2.05, 4.69) is 15.4 Å². The van der Waals surface area contributed by atoms with Crippen molar-refractivity contribution in [2.45, 2.75) is 26.3 Å². The van der Waals surface area contributed by atoms with Crippen LogP contribution in [0.1, 0.15) is 30.6 Å². The van der Waals surface area contributed by atoms with Crippen molar-refractivity contribution in [2.24, 2.45) is 5.92 Å². The van der Waals surface area contributed by atoms with Crippen molar-refractivity contribution in [2.75, 3.05) is 26.1 Å². The van der Waals surface area contributed by atoms with Crippen LogP contribution in [-0.2, 0) is 19.1 Å². The van der Waals surface area contributed by atoms with Gasteiger partial charge >= 0.3 is 11.9 Å². The fourth-order valence-corrected chi connectivity index (χ4v) is 2.25. The number of nitrogens with one attached hydrogen (secondary N) is 2. The number of ether oxygens (including phenoxy) is 2. The second-order valence-corrected chi connectivity index (χ2v) is 5.77. The van der Waals surface area contributed by atoms with Crippen LogP contribution in [-0.4, -0.2) is 49.6 Å². The molecule has 2 atom stereocenters. The summed E-state index contributed by atoms with van der Waals surface area (Å²) in [5.41, 5.74) is -0.0445. The summed E-state index contributed by atoms with van der Waals surface area (Å²) in [6, 6.07) is 2.80. The molecule has 1 amide bonds. The van der Waals surface area contributed by atoms with Crippen molar-refractivity contribution in [3.63, 3.8) is 0 Å². The van der Waals surface area contributed by atoms with E-state index in [0.29, 0.717) is 12.1 Å². The first kappa shape index (κ1) is 21.9. The average Bonchev–Trinajstić information content (AvgIpc) is 2.68. The van der Waals surface area contributed by atoms with Crippen molar-refractivity contribution in [1.29, 1.82) is 0 Å². The predicted octanol–water partition coefficient (Wildman–Crippen LogP) is 1.50. The molecule has 0 aliphatic heterocycles. The van der Waals surface area contributed by atoms with Gasteiger partial charge in [-0.25, -0.2) is 9.59 Å². The lowest BCUT2D eigenvalue weighted by atomic mass is 9.99. The number of benzene rings is 1. The Balaban J connectivity index is 2.81. The van der Waals surface area contributed by atoms with E-state index in [4.69, 9.17) is 4.74 Å². The van der Waals surface area contributed by atoms with Gasteiger partial charge in [0.2, 0.25) is 0 Å². The van der Waals surface area contributed by atoms with E-state index in [1.165, 1.54) is 26.3 Å². The molecule has 1 aromatic rings. The Hall–Kier alpha value is -3.17.